The van der Waals surface area contributed by atoms with Crippen LogP contribution in [0.2, 0.25) is 0 Å². The van der Waals surface area contributed by atoms with Crippen molar-refractivity contribution < 1.29 is 0 Å². The van der Waals surface area contributed by atoms with E-state index < -0.39 is 0 Å². The first-order valence-electron chi connectivity index (χ1n) is 5.52. The lowest BCUT2D eigenvalue weighted by molar-refractivity contribution is 0.605. The summed E-state index contributed by atoms with van der Waals surface area (Å²) in [5.74, 6) is 0. The fourth-order valence-electron chi connectivity index (χ4n) is 1.55. The molecule has 1 aromatic heterocycles. The van der Waals surface area contributed by atoms with Crippen LogP contribution in [0.4, 0.5) is 0 Å². The maximum Gasteiger partial charge on any atom is 0.168 e. The van der Waals surface area contributed by atoms with Crippen molar-refractivity contribution in [1.29, 1.82) is 0 Å². The summed E-state index contributed by atoms with van der Waals surface area (Å²) in [5, 5.41) is 0. The highest BCUT2D eigenvalue weighted by atomic mass is 127. The van der Waals surface area contributed by atoms with Crippen LogP contribution in [0.3, 0.4) is 0 Å². The van der Waals surface area contributed by atoms with Crippen molar-refractivity contribution >= 4 is 22.6 Å². The highest BCUT2D eigenvalue weighted by Gasteiger charge is 1.97. The predicted molar refractivity (Wildman–Crippen MR) is 68.4 cm³/mol. The molecule has 1 N–H and O–H groups in total. The topological polar surface area (TPSA) is 28.7 Å². The number of nitrogens with zero attached hydrogens (tertiary/aromatic N) is 1. The third-order valence-corrected chi connectivity index (χ3v) is 2.94. The third kappa shape index (κ3) is 4.98. The predicted octanol–water partition coefficient (Wildman–Crippen LogP) is 3.92. The number of hydrogen-bond donors (Lipinski definition) is 1. The smallest absolute Gasteiger partial charge is 0.168 e. The Morgan fingerprint density at radius 2 is 1.93 bits per heavy atom. The van der Waals surface area contributed by atoms with E-state index in [1.165, 1.54) is 44.2 Å². The average molecular weight is 306 g/mol. The van der Waals surface area contributed by atoms with E-state index in [0.717, 1.165) is 10.3 Å². The van der Waals surface area contributed by atoms with Gasteiger partial charge in [-0.1, -0.05) is 39.0 Å². The SMILES string of the molecule is CCCCCCCCc1c[nH]c(I)n1. The monoisotopic (exact) mass is 306 g/mol. The zero-order valence-electron chi connectivity index (χ0n) is 8.85. The van der Waals surface area contributed by atoms with Crippen LogP contribution in [0.5, 0.6) is 0 Å². The largest absolute Gasteiger partial charge is 0.340 e. The summed E-state index contributed by atoms with van der Waals surface area (Å²) in [7, 11) is 0. The molecule has 0 aliphatic heterocycles. The van der Waals surface area contributed by atoms with Gasteiger partial charge in [0.25, 0.3) is 0 Å². The summed E-state index contributed by atoms with van der Waals surface area (Å²) in [6.07, 6.45) is 11.3. The number of rotatable bonds is 7. The summed E-state index contributed by atoms with van der Waals surface area (Å²) in [4.78, 5) is 7.48. The zero-order chi connectivity index (χ0) is 10.2. The third-order valence-electron chi connectivity index (χ3n) is 2.39. The number of aryl methyl sites for hydroxylation is 1. The van der Waals surface area contributed by atoms with E-state index in [9.17, 15) is 0 Å². The Hall–Kier alpha value is -0.0600. The molecule has 1 aromatic rings. The Bertz CT molecular complexity index is 245. The Balaban J connectivity index is 1.99. The lowest BCUT2D eigenvalue weighted by Crippen LogP contribution is -1.86. The lowest BCUT2D eigenvalue weighted by Gasteiger charge is -1.98. The van der Waals surface area contributed by atoms with Gasteiger partial charge in [-0.25, -0.2) is 4.98 Å². The number of hydrogen-bond acceptors (Lipinski definition) is 1. The first-order valence-corrected chi connectivity index (χ1v) is 6.60. The molecule has 0 bridgehead atoms. The normalized spacial score (nSPS) is 10.7. The Kier molecular flexibility index (Phi) is 6.23. The maximum atomic E-state index is 4.38. The molecule has 3 heteroatoms. The molecular weight excluding hydrogens is 287 g/mol. The fraction of sp³-hybridized carbons (Fsp3) is 0.727. The van der Waals surface area contributed by atoms with Gasteiger partial charge in [-0.15, -0.1) is 0 Å². The number of unbranched alkanes of at least 4 members (excludes halogenated alkanes) is 5. The quantitative estimate of drug-likeness (QED) is 0.600. The van der Waals surface area contributed by atoms with Gasteiger partial charge in [0, 0.05) is 6.20 Å². The zero-order valence-corrected chi connectivity index (χ0v) is 11.0. The van der Waals surface area contributed by atoms with E-state index in [1.807, 2.05) is 6.20 Å². The molecule has 0 atom stereocenters. The van der Waals surface area contributed by atoms with E-state index in [-0.39, 0.29) is 0 Å². The number of imidazole rings is 1. The van der Waals surface area contributed by atoms with Crippen LogP contribution in [0.25, 0.3) is 0 Å². The maximum absolute atomic E-state index is 4.38. The molecule has 0 aromatic carbocycles. The van der Waals surface area contributed by atoms with Gasteiger partial charge in [-0.05, 0) is 35.4 Å². The van der Waals surface area contributed by atoms with Crippen LogP contribution in [-0.2, 0) is 6.42 Å². The number of halogens is 1. The van der Waals surface area contributed by atoms with Crippen LogP contribution in [0.1, 0.15) is 51.1 Å². The number of aromatic nitrogens is 2. The van der Waals surface area contributed by atoms with Gasteiger partial charge in [0.05, 0.1) is 5.69 Å². The minimum atomic E-state index is 1.00. The number of nitrogens with one attached hydrogen (secondary N) is 1. The first-order chi connectivity index (χ1) is 6.83. The minimum Gasteiger partial charge on any atom is -0.340 e. The standard InChI is InChI=1S/C11H19IN2/c1-2-3-4-5-6-7-8-10-9-13-11(12)14-10/h9H,2-8H2,1H3,(H,13,14). The summed E-state index contributed by atoms with van der Waals surface area (Å²) >= 11 is 2.21. The molecule has 0 unspecified atom stereocenters. The molecule has 0 radical (unpaired) electrons. The van der Waals surface area contributed by atoms with Gasteiger partial charge >= 0.3 is 0 Å². The van der Waals surface area contributed by atoms with Crippen molar-refractivity contribution in [2.45, 2.75) is 51.9 Å². The van der Waals surface area contributed by atoms with Crippen LogP contribution in [0, 0.1) is 3.83 Å². The van der Waals surface area contributed by atoms with E-state index in [2.05, 4.69) is 39.5 Å². The van der Waals surface area contributed by atoms with E-state index >= 15 is 0 Å². The van der Waals surface area contributed by atoms with Crippen molar-refractivity contribution in [1.82, 2.24) is 9.97 Å². The molecule has 2 nitrogen and oxygen atoms in total. The molecule has 0 amide bonds. The highest BCUT2D eigenvalue weighted by molar-refractivity contribution is 14.1. The molecule has 0 aliphatic rings. The fourth-order valence-corrected chi connectivity index (χ4v) is 2.01. The molecule has 0 saturated carbocycles. The minimum absolute atomic E-state index is 1.00. The summed E-state index contributed by atoms with van der Waals surface area (Å²) in [5.41, 5.74) is 1.21. The summed E-state index contributed by atoms with van der Waals surface area (Å²) in [6, 6.07) is 0. The molecule has 80 valence electrons. The lowest BCUT2D eigenvalue weighted by atomic mass is 10.1. The molecule has 14 heavy (non-hydrogen) atoms. The molecular formula is C11H19IN2. The average Bonchev–Trinajstić information content (AvgIpc) is 2.58. The van der Waals surface area contributed by atoms with Crippen LogP contribution in [0.15, 0.2) is 6.20 Å². The van der Waals surface area contributed by atoms with Gasteiger partial charge in [0.15, 0.2) is 3.83 Å². The Labute approximate surface area is 100 Å². The Morgan fingerprint density at radius 1 is 1.21 bits per heavy atom. The van der Waals surface area contributed by atoms with Crippen LogP contribution >= 0.6 is 22.6 Å². The Morgan fingerprint density at radius 3 is 2.57 bits per heavy atom. The van der Waals surface area contributed by atoms with Gasteiger partial charge in [0.1, 0.15) is 0 Å². The van der Waals surface area contributed by atoms with E-state index in [0.29, 0.717) is 0 Å². The second-order valence-corrected chi connectivity index (χ2v) is 4.72. The van der Waals surface area contributed by atoms with Gasteiger partial charge in [-0.3, -0.25) is 0 Å². The summed E-state index contributed by atoms with van der Waals surface area (Å²) < 4.78 is 1.00. The molecule has 0 saturated heterocycles. The van der Waals surface area contributed by atoms with Gasteiger partial charge in [0.2, 0.25) is 0 Å². The molecule has 1 heterocycles. The van der Waals surface area contributed by atoms with E-state index in [1.54, 1.807) is 0 Å². The first kappa shape index (κ1) is 12.0. The van der Waals surface area contributed by atoms with Crippen molar-refractivity contribution in [2.75, 3.05) is 0 Å². The van der Waals surface area contributed by atoms with Gasteiger partial charge in [-0.2, -0.15) is 0 Å². The number of aromatic amines is 1. The second kappa shape index (κ2) is 7.26. The molecule has 0 aliphatic carbocycles. The molecule has 0 fully saturated rings. The summed E-state index contributed by atoms with van der Waals surface area (Å²) in [6.45, 7) is 2.26. The van der Waals surface area contributed by atoms with Crippen molar-refractivity contribution in [3.05, 3.63) is 15.7 Å². The van der Waals surface area contributed by atoms with Crippen molar-refractivity contribution in [3.63, 3.8) is 0 Å². The molecule has 0 spiro atoms. The van der Waals surface area contributed by atoms with E-state index in [4.69, 9.17) is 0 Å². The second-order valence-electron chi connectivity index (χ2n) is 3.70. The van der Waals surface area contributed by atoms with Crippen molar-refractivity contribution in [2.24, 2.45) is 0 Å². The van der Waals surface area contributed by atoms with Crippen molar-refractivity contribution in [3.8, 4) is 0 Å². The van der Waals surface area contributed by atoms with Crippen LogP contribution in [-0.4, -0.2) is 9.97 Å². The molecule has 1 rings (SSSR count). The highest BCUT2D eigenvalue weighted by Crippen LogP contribution is 2.09. The van der Waals surface area contributed by atoms with Crippen LogP contribution < -0.4 is 0 Å². The number of H-pyrrole nitrogens is 1. The van der Waals surface area contributed by atoms with Gasteiger partial charge < -0.3 is 4.98 Å².